The van der Waals surface area contributed by atoms with E-state index in [0.29, 0.717) is 34.8 Å². The van der Waals surface area contributed by atoms with Gasteiger partial charge in [-0.3, -0.25) is 23.1 Å². The molecule has 2 aliphatic heterocycles. The maximum atomic E-state index is 16.5. The maximum Gasteiger partial charge on any atom is 0.478 e. The van der Waals surface area contributed by atoms with E-state index >= 15 is 8.78 Å². The number of nitrogens with one attached hydrogen (secondary N) is 1. The van der Waals surface area contributed by atoms with Gasteiger partial charge in [-0.1, -0.05) is 36.4 Å². The Morgan fingerprint density at radius 2 is 1.66 bits per heavy atom. The number of phosphoric acid groups is 1. The molecule has 1 N–H and O–H groups in total. The van der Waals surface area contributed by atoms with Crippen LogP contribution in [0.15, 0.2) is 77.9 Å². The number of fused-ring (bicyclic) bond motifs is 5. The van der Waals surface area contributed by atoms with Gasteiger partial charge in [0.05, 0.1) is 38.9 Å². The standard InChI is InChI=1S/C46H51F2N6O9P/c1-45(2,3)62-64(58,63-46(4,5)6)61-26-60-44(57)52(8)34-20-33(47)38(48)36-37-40(53-19-18-29-22-51(7)24-35(29)53)32(21-49-41(37)50-39(34)36)28-14-15-30-16-17-31(42(55)54(30)23-28)43(56)59-25-27-12-10-9-11-13-27/h9-17,20-21,23,29,35H,18-19,22,24-26H2,1-8H3,(H,49,50)/t29-,35?/m0/s1. The fourth-order valence-corrected chi connectivity index (χ4v) is 10.2. The lowest BCUT2D eigenvalue weighted by molar-refractivity contribution is -0.0275. The number of benzene rings is 2. The van der Waals surface area contributed by atoms with Crippen molar-refractivity contribution in [2.24, 2.45) is 5.92 Å². The predicted molar refractivity (Wildman–Crippen MR) is 239 cm³/mol. The zero-order chi connectivity index (χ0) is 45.9. The first-order valence-corrected chi connectivity index (χ1v) is 22.4. The van der Waals surface area contributed by atoms with Crippen LogP contribution >= 0.6 is 7.82 Å². The van der Waals surface area contributed by atoms with Crippen molar-refractivity contribution < 1.29 is 46.0 Å². The van der Waals surface area contributed by atoms with Crippen LogP contribution in [-0.4, -0.2) is 89.1 Å². The number of pyridine rings is 3. The number of hydrogen-bond donors (Lipinski definition) is 1. The van der Waals surface area contributed by atoms with Crippen LogP contribution in [0.2, 0.25) is 0 Å². The molecular weight excluding hydrogens is 850 g/mol. The molecule has 18 heteroatoms. The second-order valence-corrected chi connectivity index (χ2v) is 19.8. The van der Waals surface area contributed by atoms with E-state index in [2.05, 4.69) is 14.8 Å². The number of phosphoric ester groups is 1. The average molecular weight is 901 g/mol. The zero-order valence-electron chi connectivity index (χ0n) is 36.9. The average Bonchev–Trinajstić information content (AvgIpc) is 3.92. The minimum absolute atomic E-state index is 0.0116. The summed E-state index contributed by atoms with van der Waals surface area (Å²) in [6, 6.07) is 16.7. The Kier molecular flexibility index (Phi) is 11.9. The lowest BCUT2D eigenvalue weighted by Crippen LogP contribution is -2.35. The molecule has 15 nitrogen and oxygen atoms in total. The van der Waals surface area contributed by atoms with E-state index < -0.39 is 55.1 Å². The van der Waals surface area contributed by atoms with Gasteiger partial charge in [0, 0.05) is 67.8 Å². The van der Waals surface area contributed by atoms with Crippen LogP contribution in [0.4, 0.5) is 25.0 Å². The van der Waals surface area contributed by atoms with Crippen molar-refractivity contribution in [2.75, 3.05) is 50.3 Å². The summed E-state index contributed by atoms with van der Waals surface area (Å²) in [5.41, 5.74) is 0.471. The number of likely N-dealkylation sites (tertiary alicyclic amines) is 1. The Morgan fingerprint density at radius 1 is 0.953 bits per heavy atom. The van der Waals surface area contributed by atoms with Gasteiger partial charge in [-0.25, -0.2) is 32.4 Å². The van der Waals surface area contributed by atoms with Crippen LogP contribution in [0.5, 0.6) is 0 Å². The first kappa shape index (κ1) is 44.9. The number of aromatic amines is 1. The van der Waals surface area contributed by atoms with Crippen LogP contribution in [-0.2, 0) is 34.2 Å². The number of hydrogen-bond acceptors (Lipinski definition) is 12. The molecule has 2 aliphatic rings. The smallest absolute Gasteiger partial charge is 0.457 e. The van der Waals surface area contributed by atoms with Gasteiger partial charge in [-0.05, 0) is 84.7 Å². The molecule has 1 unspecified atom stereocenters. The van der Waals surface area contributed by atoms with Crippen molar-refractivity contribution in [1.29, 1.82) is 0 Å². The highest BCUT2D eigenvalue weighted by Gasteiger charge is 2.42. The highest BCUT2D eigenvalue weighted by molar-refractivity contribution is 7.48. The third-order valence-corrected chi connectivity index (χ3v) is 13.1. The van der Waals surface area contributed by atoms with Crippen molar-refractivity contribution in [3.8, 4) is 11.1 Å². The fraction of sp³-hybridized carbons (Fsp3) is 0.391. The van der Waals surface area contributed by atoms with E-state index in [4.69, 9.17) is 28.0 Å². The van der Waals surface area contributed by atoms with Crippen LogP contribution in [0.25, 0.3) is 38.6 Å². The Labute approximate surface area is 368 Å². The number of rotatable bonds is 11. The molecule has 2 atom stereocenters. The minimum atomic E-state index is -4.26. The third-order valence-electron chi connectivity index (χ3n) is 11.2. The van der Waals surface area contributed by atoms with Crippen LogP contribution < -0.4 is 15.4 Å². The molecule has 6 aromatic rings. The van der Waals surface area contributed by atoms with Gasteiger partial charge in [-0.15, -0.1) is 0 Å². The summed E-state index contributed by atoms with van der Waals surface area (Å²) in [6.07, 6.45) is 3.02. The van der Waals surface area contributed by atoms with Gasteiger partial charge in [0.1, 0.15) is 17.8 Å². The number of carbonyl (C=O) groups excluding carboxylic acids is 2. The molecule has 6 heterocycles. The van der Waals surface area contributed by atoms with Crippen LogP contribution in [0.3, 0.4) is 0 Å². The Balaban J connectivity index is 1.20. The summed E-state index contributed by atoms with van der Waals surface area (Å²) in [5, 5.41) is 0.124. The molecule has 2 aromatic carbocycles. The maximum absolute atomic E-state index is 16.5. The van der Waals surface area contributed by atoms with Gasteiger partial charge in [-0.2, -0.15) is 0 Å². The molecule has 2 saturated heterocycles. The molecule has 0 bridgehead atoms. The third kappa shape index (κ3) is 9.00. The zero-order valence-corrected chi connectivity index (χ0v) is 37.8. The normalized spacial score (nSPS) is 17.1. The van der Waals surface area contributed by atoms with Gasteiger partial charge < -0.3 is 24.3 Å². The summed E-state index contributed by atoms with van der Waals surface area (Å²) in [6.45, 7) is 11.3. The van der Waals surface area contributed by atoms with Gasteiger partial charge in [0.15, 0.2) is 11.6 Å². The van der Waals surface area contributed by atoms with Gasteiger partial charge >= 0.3 is 19.9 Å². The number of carbonyl (C=O) groups is 2. The predicted octanol–water partition coefficient (Wildman–Crippen LogP) is 9.06. The van der Waals surface area contributed by atoms with Crippen molar-refractivity contribution in [1.82, 2.24) is 19.3 Å². The van der Waals surface area contributed by atoms with E-state index in [1.54, 1.807) is 66.1 Å². The Bertz CT molecular complexity index is 2870. The van der Waals surface area contributed by atoms with E-state index in [-0.39, 0.29) is 45.8 Å². The number of aromatic nitrogens is 3. The Morgan fingerprint density at radius 3 is 2.36 bits per heavy atom. The number of H-pyrrole nitrogens is 1. The van der Waals surface area contributed by atoms with Crippen molar-refractivity contribution in [2.45, 2.75) is 71.8 Å². The largest absolute Gasteiger partial charge is 0.478 e. The number of ether oxygens (including phenoxy) is 2. The molecule has 0 radical (unpaired) electrons. The highest BCUT2D eigenvalue weighted by Crippen LogP contribution is 2.55. The lowest BCUT2D eigenvalue weighted by Gasteiger charge is -2.30. The van der Waals surface area contributed by atoms with E-state index in [1.165, 1.54) is 17.5 Å². The van der Waals surface area contributed by atoms with E-state index in [9.17, 15) is 18.9 Å². The molecule has 0 spiro atoms. The topological polar surface area (TPSA) is 157 Å². The molecule has 1 amide bonds. The molecule has 338 valence electrons. The summed E-state index contributed by atoms with van der Waals surface area (Å²) < 4.78 is 74.8. The summed E-state index contributed by atoms with van der Waals surface area (Å²) in [4.78, 5) is 54.0. The lowest BCUT2D eigenvalue weighted by atomic mass is 10.00. The molecule has 0 aliphatic carbocycles. The fourth-order valence-electron chi connectivity index (χ4n) is 8.54. The summed E-state index contributed by atoms with van der Waals surface area (Å²) in [5.74, 6) is -2.87. The molecule has 8 rings (SSSR count). The van der Waals surface area contributed by atoms with Crippen LogP contribution in [0.1, 0.15) is 63.9 Å². The molecular formula is C46H51F2N6O9P. The second-order valence-electron chi connectivity index (χ2n) is 18.2. The summed E-state index contributed by atoms with van der Waals surface area (Å²) >= 11 is 0. The van der Waals surface area contributed by atoms with Gasteiger partial charge in [0.25, 0.3) is 5.56 Å². The number of likely N-dealkylation sites (N-methyl/N-ethyl adjacent to an activating group) is 1. The summed E-state index contributed by atoms with van der Waals surface area (Å²) in [7, 11) is -0.902. The Hall–Kier alpha value is -5.71. The molecule has 2 fully saturated rings. The molecule has 64 heavy (non-hydrogen) atoms. The SMILES string of the molecule is CN1CC2[C@@H](CCN2c2c(-c3ccc4ccc(C(=O)OCc5ccccc5)c(=O)n4c3)cnc3[nH]c4c(N(C)C(=O)OCOP(=O)(OC(C)(C)C)OC(C)(C)C)cc(F)c(F)c4c23)C1. The van der Waals surface area contributed by atoms with Crippen LogP contribution in [0, 0.1) is 17.6 Å². The van der Waals surface area contributed by atoms with Crippen molar-refractivity contribution >= 4 is 58.7 Å². The minimum Gasteiger partial charge on any atom is -0.457 e. The number of halogens is 2. The number of amides is 1. The van der Waals surface area contributed by atoms with Gasteiger partial charge in [0.2, 0.25) is 6.79 Å². The van der Waals surface area contributed by atoms with Crippen molar-refractivity contribution in [3.05, 3.63) is 106 Å². The quantitative estimate of drug-likeness (QED) is 0.0749. The molecule has 4 aromatic heterocycles. The highest BCUT2D eigenvalue weighted by atomic mass is 31.2. The second kappa shape index (κ2) is 17.0. The van der Waals surface area contributed by atoms with Crippen molar-refractivity contribution in [3.63, 3.8) is 0 Å². The number of nitrogens with zero attached hydrogens (tertiary/aromatic N) is 5. The van der Waals surface area contributed by atoms with E-state index in [0.717, 1.165) is 36.0 Å². The number of esters is 1. The number of anilines is 2. The first-order valence-electron chi connectivity index (χ1n) is 20.9. The first-order chi connectivity index (χ1) is 30.2. The monoisotopic (exact) mass is 900 g/mol. The van der Waals surface area contributed by atoms with E-state index in [1.807, 2.05) is 43.4 Å². The molecule has 0 saturated carbocycles.